The number of piperidine rings is 1. The van der Waals surface area contributed by atoms with Crippen molar-refractivity contribution in [3.05, 3.63) is 54.1 Å². The Balaban J connectivity index is 0.00000384. The molecule has 2 aromatic carbocycles. The lowest BCUT2D eigenvalue weighted by molar-refractivity contribution is -0.146. The van der Waals surface area contributed by atoms with E-state index in [0.29, 0.717) is 38.0 Å². The second kappa shape index (κ2) is 14.4. The number of hydrogen-bond acceptors (Lipinski definition) is 7. The molecule has 2 aromatic rings. The van der Waals surface area contributed by atoms with Gasteiger partial charge in [0.25, 0.3) is 5.91 Å². The number of morpholine rings is 1. The van der Waals surface area contributed by atoms with Gasteiger partial charge >= 0.3 is 0 Å². The summed E-state index contributed by atoms with van der Waals surface area (Å²) in [6, 6.07) is 17.1. The van der Waals surface area contributed by atoms with Crippen LogP contribution in [0.25, 0.3) is 0 Å². The minimum Gasteiger partial charge on any atom is -0.478 e. The van der Waals surface area contributed by atoms with Gasteiger partial charge in [-0.2, -0.15) is 0 Å². The van der Waals surface area contributed by atoms with E-state index < -0.39 is 5.60 Å². The largest absolute Gasteiger partial charge is 0.478 e. The molecule has 4 fully saturated rings. The molecule has 0 radical (unpaired) electrons. The van der Waals surface area contributed by atoms with Crippen LogP contribution >= 0.6 is 12.4 Å². The van der Waals surface area contributed by atoms with Gasteiger partial charge in [0.1, 0.15) is 5.75 Å². The Labute approximate surface area is 268 Å². The molecular formula is C34H48ClN5O4. The molecule has 3 heterocycles. The number of hydrogen-bond donors (Lipinski definition) is 1. The maximum Gasteiger partial charge on any atom is 0.266 e. The van der Waals surface area contributed by atoms with Gasteiger partial charge in [-0.1, -0.05) is 18.2 Å². The van der Waals surface area contributed by atoms with Crippen molar-refractivity contribution in [2.45, 2.75) is 57.7 Å². The molecule has 1 saturated carbocycles. The summed E-state index contributed by atoms with van der Waals surface area (Å²) in [6.45, 7) is 12.4. The van der Waals surface area contributed by atoms with Gasteiger partial charge in [-0.3, -0.25) is 9.59 Å². The van der Waals surface area contributed by atoms with Gasteiger partial charge in [0.2, 0.25) is 5.91 Å². The Hall–Kier alpha value is -3.01. The normalized spacial score (nSPS) is 21.0. The molecule has 6 rings (SSSR count). The fraction of sp³-hybridized carbons (Fsp3) is 0.588. The van der Waals surface area contributed by atoms with Crippen molar-refractivity contribution < 1.29 is 19.1 Å². The lowest BCUT2D eigenvalue weighted by Crippen LogP contribution is -2.54. The molecule has 4 aliphatic rings. The zero-order valence-corrected chi connectivity index (χ0v) is 27.0. The van der Waals surface area contributed by atoms with Crippen LogP contribution in [0.3, 0.4) is 0 Å². The van der Waals surface area contributed by atoms with E-state index in [2.05, 4.69) is 50.3 Å². The molecule has 10 heteroatoms. The number of carbonyl (C=O) groups excluding carboxylic acids is 2. The Morgan fingerprint density at radius 3 is 2.36 bits per heavy atom. The topological polar surface area (TPSA) is 77.6 Å². The average molecular weight is 626 g/mol. The van der Waals surface area contributed by atoms with Gasteiger partial charge in [0.05, 0.1) is 19.1 Å². The molecule has 3 saturated heterocycles. The molecule has 1 N–H and O–H groups in total. The summed E-state index contributed by atoms with van der Waals surface area (Å²) in [5.41, 5.74) is 2.49. The third kappa shape index (κ3) is 7.79. The van der Waals surface area contributed by atoms with Gasteiger partial charge in [-0.25, -0.2) is 0 Å². The van der Waals surface area contributed by atoms with E-state index in [0.717, 1.165) is 77.3 Å². The van der Waals surface area contributed by atoms with E-state index in [4.69, 9.17) is 9.47 Å². The first-order valence-corrected chi connectivity index (χ1v) is 16.1. The van der Waals surface area contributed by atoms with Crippen LogP contribution < -0.4 is 19.9 Å². The van der Waals surface area contributed by atoms with Gasteiger partial charge in [0, 0.05) is 82.4 Å². The predicted molar refractivity (Wildman–Crippen MR) is 176 cm³/mol. The third-order valence-electron chi connectivity index (χ3n) is 9.18. The highest BCUT2D eigenvalue weighted by molar-refractivity contribution is 5.85. The molecule has 0 spiro atoms. The number of ether oxygens (including phenoxy) is 2. The number of benzene rings is 2. The zero-order valence-electron chi connectivity index (χ0n) is 26.2. The molecule has 2 amide bonds. The Morgan fingerprint density at radius 2 is 1.66 bits per heavy atom. The van der Waals surface area contributed by atoms with E-state index in [-0.39, 0.29) is 30.1 Å². The monoisotopic (exact) mass is 625 g/mol. The fourth-order valence-electron chi connectivity index (χ4n) is 6.58. The van der Waals surface area contributed by atoms with Crippen molar-refractivity contribution in [3.8, 4) is 5.75 Å². The molecule has 240 valence electrons. The molecule has 44 heavy (non-hydrogen) atoms. The van der Waals surface area contributed by atoms with E-state index in [1.54, 1.807) is 0 Å². The van der Waals surface area contributed by atoms with Crippen LogP contribution in [0.5, 0.6) is 5.75 Å². The number of amides is 2. The number of anilines is 2. The number of rotatable bonds is 9. The summed E-state index contributed by atoms with van der Waals surface area (Å²) < 4.78 is 11.8. The first kappa shape index (κ1) is 32.4. The maximum absolute atomic E-state index is 14.0. The minimum atomic E-state index is -0.957. The standard InChI is InChI=1S/C34H47N5O4.ClH/c1-34(2,33(41)37-17-14-35-15-18-37)43-31-7-3-6-30(23-31)38-16-4-5-27(25-38)32(40)39(29-12-13-29)24-26-8-10-28(11-9-26)36-19-21-42-22-20-36;/h3,6-11,23,27,29,35H,4-5,12-22,24-25H2,1-2H3;1H/t27-;/m1./s1. The lowest BCUT2D eigenvalue weighted by atomic mass is 9.95. The number of carbonyl (C=O) groups is 2. The Morgan fingerprint density at radius 1 is 0.932 bits per heavy atom. The van der Waals surface area contributed by atoms with Crippen molar-refractivity contribution in [2.75, 3.05) is 75.4 Å². The molecule has 0 bridgehead atoms. The number of nitrogens with zero attached hydrogens (tertiary/aromatic N) is 4. The second-order valence-electron chi connectivity index (χ2n) is 12.9. The van der Waals surface area contributed by atoms with Crippen molar-refractivity contribution in [3.63, 3.8) is 0 Å². The van der Waals surface area contributed by atoms with Gasteiger partial charge in [-0.05, 0) is 69.4 Å². The van der Waals surface area contributed by atoms with E-state index in [1.165, 1.54) is 11.3 Å². The van der Waals surface area contributed by atoms with Crippen LogP contribution in [0.4, 0.5) is 11.4 Å². The first-order valence-electron chi connectivity index (χ1n) is 16.1. The van der Waals surface area contributed by atoms with Crippen molar-refractivity contribution >= 4 is 35.6 Å². The summed E-state index contributed by atoms with van der Waals surface area (Å²) in [5, 5.41) is 3.30. The SMILES string of the molecule is CC(C)(Oc1cccc(N2CCC[C@@H](C(=O)N(Cc3ccc(N4CCOCC4)cc3)C3CC3)C2)c1)C(=O)N1CCNCC1.Cl. The second-order valence-corrected chi connectivity index (χ2v) is 12.9. The lowest BCUT2D eigenvalue weighted by Gasteiger charge is -2.37. The molecule has 9 nitrogen and oxygen atoms in total. The molecular weight excluding hydrogens is 578 g/mol. The highest BCUT2D eigenvalue weighted by Gasteiger charge is 2.38. The van der Waals surface area contributed by atoms with E-state index >= 15 is 0 Å². The summed E-state index contributed by atoms with van der Waals surface area (Å²) in [4.78, 5) is 35.8. The minimum absolute atomic E-state index is 0. The van der Waals surface area contributed by atoms with Crippen molar-refractivity contribution in [1.82, 2.24) is 15.1 Å². The summed E-state index contributed by atoms with van der Waals surface area (Å²) >= 11 is 0. The van der Waals surface area contributed by atoms with Crippen LogP contribution in [-0.2, 0) is 20.9 Å². The predicted octanol–water partition coefficient (Wildman–Crippen LogP) is 3.94. The van der Waals surface area contributed by atoms with Gasteiger partial charge in [-0.15, -0.1) is 12.4 Å². The van der Waals surface area contributed by atoms with Crippen LogP contribution in [0.1, 0.15) is 45.1 Å². The summed E-state index contributed by atoms with van der Waals surface area (Å²) in [5.74, 6) is 0.940. The van der Waals surface area contributed by atoms with E-state index in [9.17, 15) is 9.59 Å². The third-order valence-corrected chi connectivity index (χ3v) is 9.18. The van der Waals surface area contributed by atoms with Crippen molar-refractivity contribution in [2.24, 2.45) is 5.92 Å². The fourth-order valence-corrected chi connectivity index (χ4v) is 6.58. The van der Waals surface area contributed by atoms with Crippen molar-refractivity contribution in [1.29, 1.82) is 0 Å². The Bertz CT molecular complexity index is 1260. The highest BCUT2D eigenvalue weighted by Crippen LogP contribution is 2.34. The zero-order chi connectivity index (χ0) is 29.8. The van der Waals surface area contributed by atoms with Gasteiger partial charge < -0.3 is 34.4 Å². The summed E-state index contributed by atoms with van der Waals surface area (Å²) in [7, 11) is 0. The molecule has 1 aliphatic carbocycles. The quantitative estimate of drug-likeness (QED) is 0.452. The maximum atomic E-state index is 14.0. The van der Waals surface area contributed by atoms with Gasteiger partial charge in [0.15, 0.2) is 5.60 Å². The highest BCUT2D eigenvalue weighted by atomic mass is 35.5. The number of nitrogens with one attached hydrogen (secondary N) is 1. The molecule has 0 aromatic heterocycles. The van der Waals surface area contributed by atoms with Crippen LogP contribution in [0.15, 0.2) is 48.5 Å². The number of halogens is 1. The van der Waals surface area contributed by atoms with Crippen LogP contribution in [-0.4, -0.2) is 98.8 Å². The number of piperazine rings is 1. The smallest absolute Gasteiger partial charge is 0.266 e. The van der Waals surface area contributed by atoms with E-state index in [1.807, 2.05) is 36.9 Å². The first-order chi connectivity index (χ1) is 20.9. The average Bonchev–Trinajstić information content (AvgIpc) is 3.90. The van der Waals surface area contributed by atoms with Crippen LogP contribution in [0, 0.1) is 5.92 Å². The molecule has 3 aliphatic heterocycles. The summed E-state index contributed by atoms with van der Waals surface area (Å²) in [6.07, 6.45) is 4.07. The molecule has 0 unspecified atom stereocenters. The Kier molecular flexibility index (Phi) is 10.6. The molecule has 1 atom stereocenters. The van der Waals surface area contributed by atoms with Crippen LogP contribution in [0.2, 0.25) is 0 Å².